The van der Waals surface area contributed by atoms with Crippen molar-refractivity contribution >= 4 is 46.3 Å². The average Bonchev–Trinajstić information content (AvgIpc) is 2.25. The molecule has 0 aromatic heterocycles. The van der Waals surface area contributed by atoms with Crippen molar-refractivity contribution in [3.05, 3.63) is 27.2 Å². The molecule has 1 rings (SSSR count). The number of benzene rings is 1. The summed E-state index contributed by atoms with van der Waals surface area (Å²) < 4.78 is 0. The highest BCUT2D eigenvalue weighted by atomic mass is 35.5. The van der Waals surface area contributed by atoms with Gasteiger partial charge in [-0.1, -0.05) is 40.0 Å². The molecule has 0 amide bonds. The number of amidine groups is 1. The van der Waals surface area contributed by atoms with Crippen LogP contribution in [0.1, 0.15) is 6.42 Å². The highest BCUT2D eigenvalue weighted by Gasteiger charge is 2.05. The lowest BCUT2D eigenvalue weighted by atomic mass is 10.3. The molecular weight excluding hydrogens is 272 g/mol. The largest absolute Gasteiger partial charge is 0.409 e. The summed E-state index contributed by atoms with van der Waals surface area (Å²) in [6, 6.07) is 3.18. The number of hydrogen-bond donors (Lipinski definition) is 3. The van der Waals surface area contributed by atoms with Gasteiger partial charge in [-0.15, -0.1) is 0 Å². The molecule has 0 bridgehead atoms. The smallest absolute Gasteiger partial charge is 0.140 e. The third-order valence-corrected chi connectivity index (χ3v) is 2.87. The standard InChI is InChI=1S/C9H10Cl3N3O/c10-5-3-7(12)8(4-6(5)11)14-2-1-9(13)15-16/h3-4,14,16H,1-2H2,(H2,13,15). The number of hydrogen-bond acceptors (Lipinski definition) is 3. The lowest BCUT2D eigenvalue weighted by Gasteiger charge is -2.09. The van der Waals surface area contributed by atoms with Gasteiger partial charge < -0.3 is 16.3 Å². The van der Waals surface area contributed by atoms with Gasteiger partial charge in [0.15, 0.2) is 0 Å². The summed E-state index contributed by atoms with van der Waals surface area (Å²) in [6.07, 6.45) is 0.396. The van der Waals surface area contributed by atoms with Crippen LogP contribution >= 0.6 is 34.8 Å². The molecule has 0 spiro atoms. The Bertz CT molecular complexity index is 409. The molecule has 16 heavy (non-hydrogen) atoms. The van der Waals surface area contributed by atoms with Crippen LogP contribution in [0.2, 0.25) is 15.1 Å². The Morgan fingerprint density at radius 1 is 1.25 bits per heavy atom. The first kappa shape index (κ1) is 13.2. The van der Waals surface area contributed by atoms with Gasteiger partial charge in [0.25, 0.3) is 0 Å². The number of anilines is 1. The normalized spacial score (nSPS) is 11.6. The summed E-state index contributed by atoms with van der Waals surface area (Å²) >= 11 is 17.5. The van der Waals surface area contributed by atoms with Crippen LogP contribution in [0.3, 0.4) is 0 Å². The Labute approximate surface area is 108 Å². The highest BCUT2D eigenvalue weighted by Crippen LogP contribution is 2.32. The summed E-state index contributed by atoms with van der Waals surface area (Å²) in [5, 5.41) is 15.5. The third-order valence-electron chi connectivity index (χ3n) is 1.84. The van der Waals surface area contributed by atoms with Crippen LogP contribution in [-0.2, 0) is 0 Å². The first-order chi connectivity index (χ1) is 7.54. The van der Waals surface area contributed by atoms with E-state index in [1.807, 2.05) is 0 Å². The van der Waals surface area contributed by atoms with Crippen LogP contribution in [0.15, 0.2) is 17.3 Å². The van der Waals surface area contributed by atoms with E-state index in [1.165, 1.54) is 0 Å². The van der Waals surface area contributed by atoms with Gasteiger partial charge in [-0.25, -0.2) is 0 Å². The van der Waals surface area contributed by atoms with Crippen LogP contribution in [-0.4, -0.2) is 17.6 Å². The minimum atomic E-state index is 0.142. The molecule has 0 radical (unpaired) electrons. The second-order valence-electron chi connectivity index (χ2n) is 3.01. The van der Waals surface area contributed by atoms with Gasteiger partial charge in [0, 0.05) is 13.0 Å². The molecule has 0 saturated heterocycles. The third kappa shape index (κ3) is 3.63. The number of nitrogens with zero attached hydrogens (tertiary/aromatic N) is 1. The first-order valence-corrected chi connectivity index (χ1v) is 5.52. The van der Waals surface area contributed by atoms with Crippen molar-refractivity contribution in [2.45, 2.75) is 6.42 Å². The second kappa shape index (κ2) is 6.03. The Morgan fingerprint density at radius 2 is 1.88 bits per heavy atom. The zero-order chi connectivity index (χ0) is 12.1. The van der Waals surface area contributed by atoms with Crippen LogP contribution in [0.4, 0.5) is 5.69 Å². The molecule has 0 aliphatic rings. The van der Waals surface area contributed by atoms with Crippen LogP contribution in [0.25, 0.3) is 0 Å². The molecule has 0 heterocycles. The predicted octanol–water partition coefficient (Wildman–Crippen LogP) is 3.20. The molecule has 1 aromatic rings. The van der Waals surface area contributed by atoms with E-state index in [0.29, 0.717) is 33.7 Å². The molecule has 4 N–H and O–H groups in total. The van der Waals surface area contributed by atoms with Gasteiger partial charge >= 0.3 is 0 Å². The van der Waals surface area contributed by atoms with E-state index in [2.05, 4.69) is 10.5 Å². The molecule has 1 aromatic carbocycles. The van der Waals surface area contributed by atoms with Gasteiger partial charge in [0.2, 0.25) is 0 Å². The first-order valence-electron chi connectivity index (χ1n) is 4.39. The maximum Gasteiger partial charge on any atom is 0.140 e. The SMILES string of the molecule is NC(CCNc1cc(Cl)c(Cl)cc1Cl)=NO. The molecular formula is C9H10Cl3N3O. The van der Waals surface area contributed by atoms with Gasteiger partial charge in [-0.05, 0) is 12.1 Å². The fourth-order valence-electron chi connectivity index (χ4n) is 1.03. The minimum Gasteiger partial charge on any atom is -0.409 e. The van der Waals surface area contributed by atoms with E-state index in [-0.39, 0.29) is 5.84 Å². The Morgan fingerprint density at radius 3 is 2.50 bits per heavy atom. The summed E-state index contributed by atoms with van der Waals surface area (Å²) in [7, 11) is 0. The fraction of sp³-hybridized carbons (Fsp3) is 0.222. The summed E-state index contributed by atoms with van der Waals surface area (Å²) in [5.74, 6) is 0.142. The van der Waals surface area contributed by atoms with E-state index < -0.39 is 0 Å². The molecule has 0 aliphatic heterocycles. The number of rotatable bonds is 4. The monoisotopic (exact) mass is 281 g/mol. The molecule has 4 nitrogen and oxygen atoms in total. The second-order valence-corrected chi connectivity index (χ2v) is 4.24. The van der Waals surface area contributed by atoms with E-state index in [9.17, 15) is 0 Å². The van der Waals surface area contributed by atoms with E-state index in [4.69, 9.17) is 45.7 Å². The number of oxime groups is 1. The van der Waals surface area contributed by atoms with Crippen molar-refractivity contribution in [3.63, 3.8) is 0 Å². The molecule has 0 saturated carbocycles. The average molecular weight is 283 g/mol. The molecule has 0 atom stereocenters. The van der Waals surface area contributed by atoms with Crippen molar-refractivity contribution in [1.82, 2.24) is 0 Å². The lowest BCUT2D eigenvalue weighted by Crippen LogP contribution is -2.16. The molecule has 0 aliphatic carbocycles. The summed E-state index contributed by atoms with van der Waals surface area (Å²) in [4.78, 5) is 0. The van der Waals surface area contributed by atoms with Crippen LogP contribution < -0.4 is 11.1 Å². The predicted molar refractivity (Wildman–Crippen MR) is 68.0 cm³/mol. The van der Waals surface area contributed by atoms with Crippen molar-refractivity contribution in [3.8, 4) is 0 Å². The summed E-state index contributed by atoms with van der Waals surface area (Å²) in [5.41, 5.74) is 5.96. The van der Waals surface area contributed by atoms with Gasteiger partial charge in [0.05, 0.1) is 20.8 Å². The zero-order valence-corrected chi connectivity index (χ0v) is 10.4. The van der Waals surface area contributed by atoms with Crippen molar-refractivity contribution in [2.24, 2.45) is 10.9 Å². The Hall–Kier alpha value is -0.840. The number of nitrogens with one attached hydrogen (secondary N) is 1. The Balaban J connectivity index is 2.64. The van der Waals surface area contributed by atoms with Crippen molar-refractivity contribution in [2.75, 3.05) is 11.9 Å². The summed E-state index contributed by atoms with van der Waals surface area (Å²) in [6.45, 7) is 0.480. The van der Waals surface area contributed by atoms with E-state index in [0.717, 1.165) is 0 Å². The van der Waals surface area contributed by atoms with Gasteiger partial charge in [0.1, 0.15) is 5.84 Å². The van der Waals surface area contributed by atoms with Crippen LogP contribution in [0.5, 0.6) is 0 Å². The number of nitrogens with two attached hydrogens (primary N) is 1. The lowest BCUT2D eigenvalue weighted by molar-refractivity contribution is 0.317. The molecule has 0 fully saturated rings. The fourth-order valence-corrected chi connectivity index (χ4v) is 1.65. The van der Waals surface area contributed by atoms with E-state index >= 15 is 0 Å². The highest BCUT2D eigenvalue weighted by molar-refractivity contribution is 6.44. The number of halogens is 3. The quantitative estimate of drug-likeness (QED) is 0.261. The maximum absolute atomic E-state index is 8.34. The van der Waals surface area contributed by atoms with Gasteiger partial charge in [-0.3, -0.25) is 0 Å². The van der Waals surface area contributed by atoms with Gasteiger partial charge in [-0.2, -0.15) is 0 Å². The zero-order valence-electron chi connectivity index (χ0n) is 8.17. The maximum atomic E-state index is 8.34. The topological polar surface area (TPSA) is 70.6 Å². The van der Waals surface area contributed by atoms with E-state index in [1.54, 1.807) is 12.1 Å². The van der Waals surface area contributed by atoms with Crippen molar-refractivity contribution < 1.29 is 5.21 Å². The Kier molecular flexibility index (Phi) is 4.99. The molecule has 7 heteroatoms. The molecule has 0 unspecified atom stereocenters. The minimum absolute atomic E-state index is 0.142. The van der Waals surface area contributed by atoms with Crippen molar-refractivity contribution in [1.29, 1.82) is 0 Å². The molecule has 88 valence electrons. The van der Waals surface area contributed by atoms with Crippen LogP contribution in [0, 0.1) is 0 Å².